The number of carbonyl (C=O) groups excluding carboxylic acids is 2. The second-order valence-electron chi connectivity index (χ2n) is 7.33. The number of hydrogen-bond donors (Lipinski definition) is 2. The lowest BCUT2D eigenvalue weighted by molar-refractivity contribution is -0.119. The number of hydrogen-bond acceptors (Lipinski definition) is 4. The molecule has 1 heterocycles. The maximum atomic E-state index is 12.8. The Hall–Kier alpha value is -3.74. The first-order valence-corrected chi connectivity index (χ1v) is 9.68. The van der Waals surface area contributed by atoms with Crippen molar-refractivity contribution in [3.63, 3.8) is 0 Å². The standard InChI is InChI=1S/C23H24N4O3/c1-15(2)22(29)25-20-13-19(17-7-5-4-6-8-17)26-27(23(20)30)14-21(28)24-18-11-9-16(3)10-12-18/h4-13,15H,14H2,1-3H3,(H,24,28)(H,25,29). The molecule has 1 aromatic heterocycles. The average molecular weight is 404 g/mol. The van der Waals surface area contributed by atoms with Gasteiger partial charge in [-0.1, -0.05) is 61.9 Å². The van der Waals surface area contributed by atoms with Gasteiger partial charge in [-0.05, 0) is 25.1 Å². The predicted octanol–water partition coefficient (Wildman–Crippen LogP) is 3.45. The van der Waals surface area contributed by atoms with Gasteiger partial charge in [0.15, 0.2) is 0 Å². The second kappa shape index (κ2) is 9.17. The van der Waals surface area contributed by atoms with Crippen molar-refractivity contribution in [1.82, 2.24) is 9.78 Å². The van der Waals surface area contributed by atoms with Crippen molar-refractivity contribution in [2.45, 2.75) is 27.3 Å². The molecular formula is C23H24N4O3. The number of amides is 2. The van der Waals surface area contributed by atoms with Crippen molar-refractivity contribution in [1.29, 1.82) is 0 Å². The zero-order valence-electron chi connectivity index (χ0n) is 17.2. The fourth-order valence-corrected chi connectivity index (χ4v) is 2.74. The SMILES string of the molecule is Cc1ccc(NC(=O)Cn2nc(-c3ccccc3)cc(NC(=O)C(C)C)c2=O)cc1. The molecule has 0 radical (unpaired) electrons. The molecule has 3 rings (SSSR count). The molecule has 3 aromatic rings. The van der Waals surface area contributed by atoms with E-state index in [4.69, 9.17) is 0 Å². The number of aromatic nitrogens is 2. The molecule has 0 unspecified atom stereocenters. The van der Waals surface area contributed by atoms with Crippen LogP contribution in [0.15, 0.2) is 65.5 Å². The highest BCUT2D eigenvalue weighted by atomic mass is 16.2. The lowest BCUT2D eigenvalue weighted by Gasteiger charge is -2.13. The molecule has 2 N–H and O–H groups in total. The Bertz CT molecular complexity index is 1100. The Morgan fingerprint density at radius 2 is 1.67 bits per heavy atom. The van der Waals surface area contributed by atoms with Gasteiger partial charge in [-0.15, -0.1) is 0 Å². The van der Waals surface area contributed by atoms with Gasteiger partial charge in [0.05, 0.1) is 5.69 Å². The predicted molar refractivity (Wildman–Crippen MR) is 117 cm³/mol. The van der Waals surface area contributed by atoms with Crippen LogP contribution >= 0.6 is 0 Å². The van der Waals surface area contributed by atoms with E-state index in [2.05, 4.69) is 15.7 Å². The topological polar surface area (TPSA) is 93.1 Å². The molecule has 0 aliphatic heterocycles. The molecule has 7 heteroatoms. The number of carbonyl (C=O) groups is 2. The van der Waals surface area contributed by atoms with Gasteiger partial charge >= 0.3 is 0 Å². The van der Waals surface area contributed by atoms with Crippen LogP contribution in [-0.4, -0.2) is 21.6 Å². The van der Waals surface area contributed by atoms with Crippen molar-refractivity contribution >= 4 is 23.2 Å². The summed E-state index contributed by atoms with van der Waals surface area (Å²) < 4.78 is 1.07. The fourth-order valence-electron chi connectivity index (χ4n) is 2.74. The van der Waals surface area contributed by atoms with Crippen LogP contribution in [0.25, 0.3) is 11.3 Å². The summed E-state index contributed by atoms with van der Waals surface area (Å²) in [5.74, 6) is -0.969. The first kappa shape index (κ1) is 21.0. The monoisotopic (exact) mass is 404 g/mol. The van der Waals surface area contributed by atoms with Gasteiger partial charge in [0, 0.05) is 17.2 Å². The van der Waals surface area contributed by atoms with E-state index in [0.717, 1.165) is 15.8 Å². The third-order valence-corrected chi connectivity index (χ3v) is 4.45. The highest BCUT2D eigenvalue weighted by Gasteiger charge is 2.16. The maximum absolute atomic E-state index is 12.8. The average Bonchev–Trinajstić information content (AvgIpc) is 2.73. The lowest BCUT2D eigenvalue weighted by atomic mass is 10.1. The smallest absolute Gasteiger partial charge is 0.291 e. The minimum Gasteiger partial charge on any atom is -0.324 e. The summed E-state index contributed by atoms with van der Waals surface area (Å²) in [5.41, 5.74) is 2.51. The maximum Gasteiger partial charge on any atom is 0.291 e. The van der Waals surface area contributed by atoms with Crippen LogP contribution in [0.1, 0.15) is 19.4 Å². The molecule has 154 valence electrons. The van der Waals surface area contributed by atoms with E-state index in [-0.39, 0.29) is 30.0 Å². The van der Waals surface area contributed by atoms with E-state index >= 15 is 0 Å². The Morgan fingerprint density at radius 3 is 2.30 bits per heavy atom. The minimum absolute atomic E-state index is 0.0886. The van der Waals surface area contributed by atoms with Gasteiger partial charge in [-0.2, -0.15) is 5.10 Å². The van der Waals surface area contributed by atoms with E-state index in [0.29, 0.717) is 11.4 Å². The van der Waals surface area contributed by atoms with E-state index in [1.54, 1.807) is 26.0 Å². The number of aryl methyl sites for hydroxylation is 1. The highest BCUT2D eigenvalue weighted by molar-refractivity contribution is 5.93. The number of anilines is 2. The van der Waals surface area contributed by atoms with Crippen molar-refractivity contribution in [2.24, 2.45) is 5.92 Å². The summed E-state index contributed by atoms with van der Waals surface area (Å²) in [5, 5.41) is 9.75. The summed E-state index contributed by atoms with van der Waals surface area (Å²) >= 11 is 0. The number of nitrogens with one attached hydrogen (secondary N) is 2. The largest absolute Gasteiger partial charge is 0.324 e. The third kappa shape index (κ3) is 5.20. The molecule has 0 aliphatic rings. The number of rotatable bonds is 6. The molecule has 30 heavy (non-hydrogen) atoms. The van der Waals surface area contributed by atoms with Crippen LogP contribution < -0.4 is 16.2 Å². The normalized spacial score (nSPS) is 10.7. The first-order chi connectivity index (χ1) is 14.3. The minimum atomic E-state index is -0.539. The van der Waals surface area contributed by atoms with Gasteiger partial charge in [0.1, 0.15) is 12.2 Å². The fraction of sp³-hybridized carbons (Fsp3) is 0.217. The summed E-state index contributed by atoms with van der Waals surface area (Å²) in [7, 11) is 0. The van der Waals surface area contributed by atoms with Crippen molar-refractivity contribution in [3.05, 3.63) is 76.6 Å². The highest BCUT2D eigenvalue weighted by Crippen LogP contribution is 2.18. The summed E-state index contributed by atoms with van der Waals surface area (Å²) in [4.78, 5) is 37.5. The van der Waals surface area contributed by atoms with Crippen LogP contribution in [0.3, 0.4) is 0 Å². The van der Waals surface area contributed by atoms with Crippen molar-refractivity contribution in [2.75, 3.05) is 10.6 Å². The van der Waals surface area contributed by atoms with Crippen LogP contribution in [0.5, 0.6) is 0 Å². The van der Waals surface area contributed by atoms with E-state index < -0.39 is 5.56 Å². The van der Waals surface area contributed by atoms with E-state index in [9.17, 15) is 14.4 Å². The molecule has 0 saturated heterocycles. The molecular weight excluding hydrogens is 380 g/mol. The summed E-state index contributed by atoms with van der Waals surface area (Å²) in [6.07, 6.45) is 0. The molecule has 0 saturated carbocycles. The lowest BCUT2D eigenvalue weighted by Crippen LogP contribution is -2.33. The van der Waals surface area contributed by atoms with Crippen molar-refractivity contribution in [3.8, 4) is 11.3 Å². The number of nitrogens with zero attached hydrogens (tertiary/aromatic N) is 2. The van der Waals surface area contributed by atoms with E-state index in [1.165, 1.54) is 6.07 Å². The Labute approximate surface area is 174 Å². The van der Waals surface area contributed by atoms with Gasteiger partial charge < -0.3 is 10.6 Å². The molecule has 0 bridgehead atoms. The van der Waals surface area contributed by atoms with Crippen LogP contribution in [0.4, 0.5) is 11.4 Å². The van der Waals surface area contributed by atoms with Crippen LogP contribution in [-0.2, 0) is 16.1 Å². The molecule has 7 nitrogen and oxygen atoms in total. The van der Waals surface area contributed by atoms with Gasteiger partial charge in [-0.3, -0.25) is 14.4 Å². The number of benzene rings is 2. The molecule has 0 spiro atoms. The first-order valence-electron chi connectivity index (χ1n) is 9.68. The van der Waals surface area contributed by atoms with E-state index in [1.807, 2.05) is 49.4 Å². The Morgan fingerprint density at radius 1 is 1.00 bits per heavy atom. The molecule has 0 aliphatic carbocycles. The Balaban J connectivity index is 1.93. The summed E-state index contributed by atoms with van der Waals surface area (Å²) in [6, 6.07) is 18.1. The van der Waals surface area contributed by atoms with Gasteiger partial charge in [0.2, 0.25) is 11.8 Å². The molecule has 0 fully saturated rings. The molecule has 2 amide bonds. The van der Waals surface area contributed by atoms with Gasteiger partial charge in [0.25, 0.3) is 5.56 Å². The summed E-state index contributed by atoms with van der Waals surface area (Å²) in [6.45, 7) is 5.15. The third-order valence-electron chi connectivity index (χ3n) is 4.45. The Kier molecular flexibility index (Phi) is 6.41. The second-order valence-corrected chi connectivity index (χ2v) is 7.33. The zero-order valence-corrected chi connectivity index (χ0v) is 17.2. The van der Waals surface area contributed by atoms with Crippen LogP contribution in [0.2, 0.25) is 0 Å². The van der Waals surface area contributed by atoms with Gasteiger partial charge in [-0.25, -0.2) is 4.68 Å². The quantitative estimate of drug-likeness (QED) is 0.658. The zero-order chi connectivity index (χ0) is 21.7. The van der Waals surface area contributed by atoms with Crippen molar-refractivity contribution < 1.29 is 9.59 Å². The molecule has 2 aromatic carbocycles. The molecule has 0 atom stereocenters. The van der Waals surface area contributed by atoms with Crippen LogP contribution in [0, 0.1) is 12.8 Å².